The highest BCUT2D eigenvalue weighted by Gasteiger charge is 2.27. The number of anilines is 1. The fraction of sp³-hybridized carbons (Fsp3) is 0.480. The molecular formula is C25H32FN7. The van der Waals surface area contributed by atoms with Gasteiger partial charge >= 0.3 is 0 Å². The van der Waals surface area contributed by atoms with Crippen LogP contribution in [0, 0.1) is 12.7 Å². The van der Waals surface area contributed by atoms with E-state index in [1.165, 1.54) is 0 Å². The Kier molecular flexibility index (Phi) is 5.56. The average Bonchev–Trinajstić information content (AvgIpc) is 3.44. The number of pyridine rings is 2. The van der Waals surface area contributed by atoms with E-state index >= 15 is 4.39 Å². The first-order valence-corrected chi connectivity index (χ1v) is 11.8. The zero-order valence-corrected chi connectivity index (χ0v) is 20.1. The van der Waals surface area contributed by atoms with Crippen LogP contribution >= 0.6 is 0 Å². The van der Waals surface area contributed by atoms with E-state index in [-0.39, 0.29) is 11.7 Å². The van der Waals surface area contributed by atoms with Crippen molar-refractivity contribution < 1.29 is 4.39 Å². The molecule has 0 saturated carbocycles. The number of aryl methyl sites for hydroxylation is 1. The summed E-state index contributed by atoms with van der Waals surface area (Å²) in [6.07, 6.45) is 7.34. The predicted octanol–water partition coefficient (Wildman–Crippen LogP) is 4.76. The van der Waals surface area contributed by atoms with E-state index in [0.717, 1.165) is 66.0 Å². The molecule has 8 heteroatoms. The molecule has 0 aliphatic carbocycles. The number of aromatic nitrogens is 5. The van der Waals surface area contributed by atoms with Gasteiger partial charge in [0, 0.05) is 36.3 Å². The van der Waals surface area contributed by atoms with Crippen LogP contribution in [0.15, 0.2) is 24.8 Å². The van der Waals surface area contributed by atoms with E-state index in [4.69, 9.17) is 0 Å². The zero-order valence-electron chi connectivity index (χ0n) is 20.1. The maximum absolute atomic E-state index is 16.0. The zero-order chi connectivity index (χ0) is 23.3. The van der Waals surface area contributed by atoms with Crippen molar-refractivity contribution >= 4 is 22.4 Å². The minimum Gasteiger partial charge on any atom is -0.354 e. The van der Waals surface area contributed by atoms with Crippen LogP contribution in [0.3, 0.4) is 0 Å². The van der Waals surface area contributed by atoms with Gasteiger partial charge in [-0.05, 0) is 56.5 Å². The fourth-order valence-electron chi connectivity index (χ4n) is 5.19. The fourth-order valence-corrected chi connectivity index (χ4v) is 5.19. The third-order valence-corrected chi connectivity index (χ3v) is 7.11. The lowest BCUT2D eigenvalue weighted by Crippen LogP contribution is -2.43. The van der Waals surface area contributed by atoms with Gasteiger partial charge in [-0.2, -0.15) is 5.10 Å². The number of nitrogens with zero attached hydrogens (tertiary/aromatic N) is 6. The molecule has 4 aromatic heterocycles. The molecule has 1 aliphatic heterocycles. The van der Waals surface area contributed by atoms with E-state index in [2.05, 4.69) is 63.7 Å². The van der Waals surface area contributed by atoms with Gasteiger partial charge < -0.3 is 14.8 Å². The second-order valence-electron chi connectivity index (χ2n) is 9.48. The summed E-state index contributed by atoms with van der Waals surface area (Å²) < 4.78 is 17.8. The molecule has 0 spiro atoms. The predicted molar refractivity (Wildman–Crippen MR) is 130 cm³/mol. The maximum Gasteiger partial charge on any atom is 0.175 e. The minimum atomic E-state index is -0.223. The van der Waals surface area contributed by atoms with Crippen molar-refractivity contribution in [2.45, 2.75) is 52.5 Å². The Hall–Kier alpha value is -3.00. The number of halogens is 1. The number of fused-ring (bicyclic) bond motifs is 2. The minimum absolute atomic E-state index is 0.134. The molecule has 5 heterocycles. The number of piperidine rings is 1. The summed E-state index contributed by atoms with van der Waals surface area (Å²) in [5, 5.41) is 4.95. The van der Waals surface area contributed by atoms with Gasteiger partial charge in [-0.3, -0.25) is 0 Å². The van der Waals surface area contributed by atoms with Crippen LogP contribution in [0.4, 0.5) is 10.2 Å². The second-order valence-corrected chi connectivity index (χ2v) is 9.48. The number of nitrogens with one attached hydrogen (secondary N) is 1. The first kappa shape index (κ1) is 21.8. The Labute approximate surface area is 193 Å². The molecule has 1 fully saturated rings. The van der Waals surface area contributed by atoms with Crippen molar-refractivity contribution in [3.05, 3.63) is 41.7 Å². The second kappa shape index (κ2) is 8.41. The van der Waals surface area contributed by atoms with Crippen molar-refractivity contribution in [1.29, 1.82) is 0 Å². The van der Waals surface area contributed by atoms with Crippen molar-refractivity contribution in [3.8, 4) is 11.3 Å². The molecule has 0 bridgehead atoms. The van der Waals surface area contributed by atoms with Gasteiger partial charge in [0.15, 0.2) is 17.3 Å². The summed E-state index contributed by atoms with van der Waals surface area (Å²) >= 11 is 0. The highest BCUT2D eigenvalue weighted by atomic mass is 19.1. The molecule has 1 saturated heterocycles. The van der Waals surface area contributed by atoms with Crippen LogP contribution in [-0.2, 0) is 0 Å². The van der Waals surface area contributed by atoms with Gasteiger partial charge in [-0.1, -0.05) is 20.8 Å². The summed E-state index contributed by atoms with van der Waals surface area (Å²) in [7, 11) is 2.17. The molecule has 0 atom stereocenters. The summed E-state index contributed by atoms with van der Waals surface area (Å²) in [5.41, 5.74) is 5.44. The van der Waals surface area contributed by atoms with Crippen LogP contribution in [-0.4, -0.2) is 62.2 Å². The smallest absolute Gasteiger partial charge is 0.175 e. The quantitative estimate of drug-likeness (QED) is 0.476. The average molecular weight is 450 g/mol. The number of hydrogen-bond donors (Lipinski definition) is 1. The van der Waals surface area contributed by atoms with Crippen molar-refractivity contribution in [2.24, 2.45) is 0 Å². The molecule has 4 aromatic rings. The monoisotopic (exact) mass is 449 g/mol. The Morgan fingerprint density at radius 2 is 2.00 bits per heavy atom. The molecule has 33 heavy (non-hydrogen) atoms. The molecule has 5 rings (SSSR count). The Morgan fingerprint density at radius 1 is 1.24 bits per heavy atom. The topological polar surface area (TPSA) is 65.3 Å². The molecule has 0 aromatic carbocycles. The van der Waals surface area contributed by atoms with Crippen LogP contribution in [0.5, 0.6) is 0 Å². The first-order chi connectivity index (χ1) is 15.9. The van der Waals surface area contributed by atoms with Gasteiger partial charge in [-0.15, -0.1) is 0 Å². The molecule has 1 aliphatic rings. The molecule has 7 nitrogen and oxygen atoms in total. The van der Waals surface area contributed by atoms with E-state index < -0.39 is 0 Å². The largest absolute Gasteiger partial charge is 0.354 e. The lowest BCUT2D eigenvalue weighted by atomic mass is 9.96. The standard InChI is InChI=1S/C25H32FN7/c1-6-31(5)18-7-9-32(10-8-18)25-22(26)21-19(12-27-25)30-23(20(21)15(2)3)17-11-16(4)24-28-14-29-33(24)13-17/h11-15,18,30H,6-10H2,1-5H3. The Morgan fingerprint density at radius 3 is 2.70 bits per heavy atom. The van der Waals surface area contributed by atoms with E-state index in [9.17, 15) is 0 Å². The molecule has 0 amide bonds. The third kappa shape index (κ3) is 3.66. The van der Waals surface area contributed by atoms with Crippen LogP contribution in [0.2, 0.25) is 0 Å². The lowest BCUT2D eigenvalue weighted by molar-refractivity contribution is 0.217. The molecule has 174 valence electrons. The highest BCUT2D eigenvalue weighted by molar-refractivity contribution is 5.93. The normalized spacial score (nSPS) is 15.6. The van der Waals surface area contributed by atoms with Gasteiger partial charge in [0.25, 0.3) is 0 Å². The number of aromatic amines is 1. The van der Waals surface area contributed by atoms with Gasteiger partial charge in [0.2, 0.25) is 0 Å². The van der Waals surface area contributed by atoms with Crippen molar-refractivity contribution in [3.63, 3.8) is 0 Å². The van der Waals surface area contributed by atoms with E-state index in [1.54, 1.807) is 17.0 Å². The van der Waals surface area contributed by atoms with E-state index in [1.807, 2.05) is 13.1 Å². The molecule has 0 radical (unpaired) electrons. The molecule has 0 unspecified atom stereocenters. The number of rotatable bonds is 5. The van der Waals surface area contributed by atoms with Gasteiger partial charge in [-0.25, -0.2) is 18.9 Å². The van der Waals surface area contributed by atoms with Crippen LogP contribution in [0.25, 0.3) is 27.8 Å². The SMILES string of the molecule is CCN(C)C1CCN(c2ncc3[nH]c(-c4cc(C)c5ncnn5c4)c(C(C)C)c3c2F)CC1. The third-order valence-electron chi connectivity index (χ3n) is 7.11. The highest BCUT2D eigenvalue weighted by Crippen LogP contribution is 2.39. The van der Waals surface area contributed by atoms with Crippen molar-refractivity contribution in [2.75, 3.05) is 31.6 Å². The number of hydrogen-bond acceptors (Lipinski definition) is 5. The summed E-state index contributed by atoms with van der Waals surface area (Å²) in [5.74, 6) is 0.379. The van der Waals surface area contributed by atoms with Crippen molar-refractivity contribution in [1.82, 2.24) is 29.5 Å². The van der Waals surface area contributed by atoms with Crippen LogP contribution in [0.1, 0.15) is 50.7 Å². The van der Waals surface area contributed by atoms with E-state index in [0.29, 0.717) is 17.2 Å². The summed E-state index contributed by atoms with van der Waals surface area (Å²) in [6, 6.07) is 2.64. The van der Waals surface area contributed by atoms with Gasteiger partial charge in [0.1, 0.15) is 6.33 Å². The summed E-state index contributed by atoms with van der Waals surface area (Å²) in [6.45, 7) is 11.1. The maximum atomic E-state index is 16.0. The first-order valence-electron chi connectivity index (χ1n) is 11.8. The van der Waals surface area contributed by atoms with Gasteiger partial charge in [0.05, 0.1) is 17.4 Å². The summed E-state index contributed by atoms with van der Waals surface area (Å²) in [4.78, 5) is 16.8. The molecular weight excluding hydrogens is 417 g/mol. The molecule has 1 N–H and O–H groups in total. The lowest BCUT2D eigenvalue weighted by Gasteiger charge is -2.37. The van der Waals surface area contributed by atoms with Crippen LogP contribution < -0.4 is 4.90 Å². The Balaban J connectivity index is 1.58. The Bertz CT molecular complexity index is 1300. The number of H-pyrrole nitrogens is 1.